The van der Waals surface area contributed by atoms with Gasteiger partial charge in [-0.25, -0.2) is 19.2 Å². The first kappa shape index (κ1) is 29.6. The van der Waals surface area contributed by atoms with E-state index in [-0.39, 0.29) is 29.2 Å². The van der Waals surface area contributed by atoms with Crippen molar-refractivity contribution >= 4 is 23.9 Å². The van der Waals surface area contributed by atoms with Crippen LogP contribution in [-0.4, -0.2) is 43.7 Å². The summed E-state index contributed by atoms with van der Waals surface area (Å²) in [4.78, 5) is 48.5. The molecule has 0 bridgehead atoms. The van der Waals surface area contributed by atoms with Gasteiger partial charge in [-0.05, 0) is 79.9 Å². The number of esters is 4. The summed E-state index contributed by atoms with van der Waals surface area (Å²) in [6, 6.07) is 18.6. The van der Waals surface area contributed by atoms with Crippen molar-refractivity contribution < 1.29 is 42.9 Å². The number of hydrogen-bond acceptors (Lipinski definition) is 9. The number of carbonyl (C=O) groups excluding carboxylic acids is 4. The predicted octanol–water partition coefficient (Wildman–Crippen LogP) is 5.58. The summed E-state index contributed by atoms with van der Waals surface area (Å²) in [7, 11) is 0. The molecule has 0 atom stereocenters. The van der Waals surface area contributed by atoms with Crippen LogP contribution in [0.3, 0.4) is 0 Å². The van der Waals surface area contributed by atoms with Gasteiger partial charge in [0.05, 0.1) is 30.9 Å². The predicted molar refractivity (Wildman–Crippen MR) is 146 cm³/mol. The third kappa shape index (κ3) is 9.13. The normalized spacial score (nSPS) is 10.2. The van der Waals surface area contributed by atoms with Gasteiger partial charge in [0, 0.05) is 6.08 Å². The van der Waals surface area contributed by atoms with E-state index in [2.05, 4.69) is 6.58 Å². The fourth-order valence-electron chi connectivity index (χ4n) is 3.30. The molecule has 0 unspecified atom stereocenters. The number of unbranched alkanes of at least 4 members (excludes halogenated alkanes) is 1. The summed E-state index contributed by atoms with van der Waals surface area (Å²) in [5.74, 6) is -1.49. The molecule has 40 heavy (non-hydrogen) atoms. The molecule has 0 radical (unpaired) electrons. The zero-order valence-electron chi connectivity index (χ0n) is 22.1. The summed E-state index contributed by atoms with van der Waals surface area (Å²) in [6.45, 7) is 6.25. The van der Waals surface area contributed by atoms with Gasteiger partial charge in [-0.3, -0.25) is 0 Å². The van der Waals surface area contributed by atoms with Crippen molar-refractivity contribution in [2.24, 2.45) is 0 Å². The van der Waals surface area contributed by atoms with E-state index in [1.165, 1.54) is 36.4 Å². The third-order valence-electron chi connectivity index (χ3n) is 5.36. The fourth-order valence-corrected chi connectivity index (χ4v) is 3.30. The van der Waals surface area contributed by atoms with Crippen LogP contribution in [-0.2, 0) is 14.3 Å². The number of benzene rings is 3. The van der Waals surface area contributed by atoms with Gasteiger partial charge < -0.3 is 23.7 Å². The quantitative estimate of drug-likeness (QED) is 0.111. The Balaban J connectivity index is 1.54. The van der Waals surface area contributed by atoms with Gasteiger partial charge >= 0.3 is 23.9 Å². The van der Waals surface area contributed by atoms with Crippen LogP contribution in [0.1, 0.15) is 57.3 Å². The number of hydrogen-bond donors (Lipinski definition) is 0. The standard InChI is InChI=1S/C31H30O9/c1-3-19-38-29(33)22-13-17-25(18-14-22)39-31(35)26-9-5-6-10-27(26)40-30(34)23-11-15-24(16-12-23)36-20-7-8-21-37-28(32)4-2/h4-6,9-18H,2-3,7-8,19-21H2,1H3. The van der Waals surface area contributed by atoms with Gasteiger partial charge in [0.15, 0.2) is 0 Å². The average Bonchev–Trinajstić information content (AvgIpc) is 2.98. The second kappa shape index (κ2) is 15.5. The molecule has 0 aliphatic carbocycles. The minimum absolute atomic E-state index is 0.0368. The number of para-hydroxylation sites is 1. The Bertz CT molecular complexity index is 1310. The molecule has 0 heterocycles. The molecule has 0 fully saturated rings. The van der Waals surface area contributed by atoms with Crippen molar-refractivity contribution in [2.75, 3.05) is 19.8 Å². The minimum atomic E-state index is -0.729. The Morgan fingerprint density at radius 1 is 0.675 bits per heavy atom. The van der Waals surface area contributed by atoms with Gasteiger partial charge in [-0.1, -0.05) is 25.6 Å². The van der Waals surface area contributed by atoms with E-state index in [1.807, 2.05) is 6.92 Å². The van der Waals surface area contributed by atoms with Crippen molar-refractivity contribution in [1.82, 2.24) is 0 Å². The lowest BCUT2D eigenvalue weighted by molar-refractivity contribution is -0.137. The Morgan fingerprint density at radius 3 is 1.98 bits per heavy atom. The lowest BCUT2D eigenvalue weighted by atomic mass is 10.2. The van der Waals surface area contributed by atoms with E-state index in [0.717, 1.165) is 6.08 Å². The van der Waals surface area contributed by atoms with E-state index in [1.54, 1.807) is 36.4 Å². The first-order valence-electron chi connectivity index (χ1n) is 12.7. The highest BCUT2D eigenvalue weighted by atomic mass is 16.6. The van der Waals surface area contributed by atoms with E-state index >= 15 is 0 Å². The SMILES string of the molecule is C=CC(=O)OCCCCOc1ccc(C(=O)Oc2ccccc2C(=O)Oc2ccc(C(=O)OCCC)cc2)cc1. The molecule has 0 amide bonds. The maximum atomic E-state index is 12.8. The van der Waals surface area contributed by atoms with Crippen LogP contribution in [0.25, 0.3) is 0 Å². The van der Waals surface area contributed by atoms with Crippen LogP contribution in [0.2, 0.25) is 0 Å². The molecule has 3 rings (SSSR count). The Morgan fingerprint density at radius 2 is 1.30 bits per heavy atom. The van der Waals surface area contributed by atoms with Crippen molar-refractivity contribution in [3.63, 3.8) is 0 Å². The molecule has 9 heteroatoms. The molecule has 0 aromatic heterocycles. The summed E-state index contributed by atoms with van der Waals surface area (Å²) in [5, 5.41) is 0. The van der Waals surface area contributed by atoms with Crippen LogP contribution in [0.5, 0.6) is 17.2 Å². The monoisotopic (exact) mass is 546 g/mol. The zero-order chi connectivity index (χ0) is 28.7. The zero-order valence-corrected chi connectivity index (χ0v) is 22.1. The average molecular weight is 547 g/mol. The molecule has 3 aromatic rings. The van der Waals surface area contributed by atoms with Crippen LogP contribution in [0.15, 0.2) is 85.5 Å². The highest BCUT2D eigenvalue weighted by Gasteiger charge is 2.18. The van der Waals surface area contributed by atoms with Crippen molar-refractivity contribution in [3.8, 4) is 17.2 Å². The van der Waals surface area contributed by atoms with Gasteiger partial charge in [0.25, 0.3) is 0 Å². The molecule has 0 saturated carbocycles. The lowest BCUT2D eigenvalue weighted by Crippen LogP contribution is -2.14. The molecule has 9 nitrogen and oxygen atoms in total. The minimum Gasteiger partial charge on any atom is -0.494 e. The lowest BCUT2D eigenvalue weighted by Gasteiger charge is -2.11. The molecule has 208 valence electrons. The van der Waals surface area contributed by atoms with Gasteiger partial charge in [0.2, 0.25) is 0 Å². The van der Waals surface area contributed by atoms with Gasteiger partial charge in [-0.2, -0.15) is 0 Å². The number of ether oxygens (including phenoxy) is 5. The molecule has 0 aliphatic rings. The Hall–Kier alpha value is -4.92. The van der Waals surface area contributed by atoms with Crippen molar-refractivity contribution in [2.45, 2.75) is 26.2 Å². The molecule has 0 N–H and O–H groups in total. The maximum Gasteiger partial charge on any atom is 0.347 e. The summed E-state index contributed by atoms with van der Waals surface area (Å²) >= 11 is 0. The number of rotatable bonds is 14. The van der Waals surface area contributed by atoms with Crippen LogP contribution in [0.4, 0.5) is 0 Å². The third-order valence-corrected chi connectivity index (χ3v) is 5.36. The van der Waals surface area contributed by atoms with Crippen LogP contribution < -0.4 is 14.2 Å². The topological polar surface area (TPSA) is 114 Å². The van der Waals surface area contributed by atoms with E-state index in [0.29, 0.717) is 43.8 Å². The smallest absolute Gasteiger partial charge is 0.347 e. The number of carbonyl (C=O) groups is 4. The molecule has 3 aromatic carbocycles. The first-order valence-corrected chi connectivity index (χ1v) is 12.7. The first-order chi connectivity index (χ1) is 19.4. The van der Waals surface area contributed by atoms with Crippen LogP contribution in [0, 0.1) is 0 Å². The molecular formula is C31H30O9. The Labute approximate surface area is 232 Å². The summed E-state index contributed by atoms with van der Waals surface area (Å²) in [5.41, 5.74) is 0.656. The van der Waals surface area contributed by atoms with Gasteiger partial charge in [-0.15, -0.1) is 0 Å². The molecule has 0 aliphatic heterocycles. The largest absolute Gasteiger partial charge is 0.494 e. The fraction of sp³-hybridized carbons (Fsp3) is 0.226. The highest BCUT2D eigenvalue weighted by molar-refractivity contribution is 5.97. The van der Waals surface area contributed by atoms with Crippen molar-refractivity contribution in [1.29, 1.82) is 0 Å². The summed E-state index contributed by atoms with van der Waals surface area (Å²) < 4.78 is 26.5. The highest BCUT2D eigenvalue weighted by Crippen LogP contribution is 2.23. The van der Waals surface area contributed by atoms with E-state index in [4.69, 9.17) is 23.7 Å². The Kier molecular flexibility index (Phi) is 11.5. The van der Waals surface area contributed by atoms with Gasteiger partial charge in [0.1, 0.15) is 22.8 Å². The van der Waals surface area contributed by atoms with Crippen molar-refractivity contribution in [3.05, 3.63) is 102 Å². The summed E-state index contributed by atoms with van der Waals surface area (Å²) in [6.07, 6.45) is 3.15. The van der Waals surface area contributed by atoms with E-state index < -0.39 is 23.9 Å². The molecule has 0 saturated heterocycles. The van der Waals surface area contributed by atoms with E-state index in [9.17, 15) is 19.2 Å². The second-order valence-corrected chi connectivity index (χ2v) is 8.39. The molecular weight excluding hydrogens is 516 g/mol. The second-order valence-electron chi connectivity index (χ2n) is 8.39. The maximum absolute atomic E-state index is 12.8. The van der Waals surface area contributed by atoms with Crippen LogP contribution >= 0.6 is 0 Å². The molecule has 0 spiro atoms.